The van der Waals surface area contributed by atoms with E-state index in [2.05, 4.69) is 6.08 Å². The van der Waals surface area contributed by atoms with E-state index in [4.69, 9.17) is 5.11 Å². The number of allylic oxidation sites excluding steroid dienone is 6. The first kappa shape index (κ1) is 10.7. The number of Topliss-reactive ketones (excluding diaryl/α,β-unsaturated/α-hetero) is 1. The second-order valence-electron chi connectivity index (χ2n) is 2.00. The Hall–Kier alpha value is -0.310. The summed E-state index contributed by atoms with van der Waals surface area (Å²) in [6, 6.07) is 0. The fourth-order valence-corrected chi connectivity index (χ4v) is 0.706. The topological polar surface area (TPSA) is 37.3 Å². The van der Waals surface area contributed by atoms with Gasteiger partial charge >= 0.3 is 29.6 Å². The molecule has 3 heteroatoms. The monoisotopic (exact) mass is 158 g/mol. The molecule has 0 fully saturated rings. The number of carbonyl (C=O) groups is 1. The van der Waals surface area contributed by atoms with E-state index in [1.54, 1.807) is 12.2 Å². The first-order valence-corrected chi connectivity index (χ1v) is 2.92. The van der Waals surface area contributed by atoms with Crippen LogP contribution < -0.4 is 29.6 Å². The van der Waals surface area contributed by atoms with Gasteiger partial charge in [-0.05, 0) is 6.92 Å². The minimum absolute atomic E-state index is 0. The summed E-state index contributed by atoms with van der Waals surface area (Å²) in [5.41, 5.74) is 0.322. The van der Waals surface area contributed by atoms with Gasteiger partial charge < -0.3 is 9.90 Å². The summed E-state index contributed by atoms with van der Waals surface area (Å²) in [5.74, 6) is -0.218. The molecule has 0 bridgehead atoms. The molecule has 0 saturated carbocycles. The zero-order valence-electron chi connectivity index (χ0n) is 6.59. The average Bonchev–Trinajstić information content (AvgIpc) is 1.88. The standard InChI is InChI=1S/C8H7O2.Na/c1-6(9)7-4-2-3-5-8(7)10;/h2-4,9H,1H3;/q-1;+1. The number of aliphatic hydroxyl groups is 1. The molecule has 0 unspecified atom stereocenters. The Labute approximate surface area is 87.6 Å². The summed E-state index contributed by atoms with van der Waals surface area (Å²) in [4.78, 5) is 10.8. The van der Waals surface area contributed by atoms with Crippen molar-refractivity contribution in [3.63, 3.8) is 0 Å². The second kappa shape index (κ2) is 4.54. The maximum absolute atomic E-state index is 10.8. The Balaban J connectivity index is 0.000001000. The van der Waals surface area contributed by atoms with Gasteiger partial charge in [-0.3, -0.25) is 0 Å². The molecule has 0 atom stereocenters. The molecule has 0 aromatic carbocycles. The van der Waals surface area contributed by atoms with E-state index in [0.29, 0.717) is 5.57 Å². The number of ketones is 1. The van der Waals surface area contributed by atoms with E-state index in [9.17, 15) is 4.79 Å². The van der Waals surface area contributed by atoms with Crippen LogP contribution in [-0.2, 0) is 4.79 Å². The van der Waals surface area contributed by atoms with Crippen LogP contribution in [0.15, 0.2) is 29.6 Å². The van der Waals surface area contributed by atoms with Gasteiger partial charge in [-0.25, -0.2) is 0 Å². The first-order valence-electron chi connectivity index (χ1n) is 2.92. The number of carbonyl (C=O) groups excluding carboxylic acids is 1. The Kier molecular flexibility index (Phi) is 4.42. The Morgan fingerprint density at radius 3 is 2.64 bits per heavy atom. The summed E-state index contributed by atoms with van der Waals surface area (Å²) < 4.78 is 0. The van der Waals surface area contributed by atoms with Gasteiger partial charge in [0.1, 0.15) is 0 Å². The van der Waals surface area contributed by atoms with Crippen LogP contribution in [-0.4, -0.2) is 10.9 Å². The zero-order valence-corrected chi connectivity index (χ0v) is 8.59. The third-order valence-corrected chi connectivity index (χ3v) is 1.21. The maximum Gasteiger partial charge on any atom is 1.00 e. The van der Waals surface area contributed by atoms with Crippen LogP contribution in [0, 0.1) is 6.08 Å². The summed E-state index contributed by atoms with van der Waals surface area (Å²) in [6.07, 6.45) is 7.19. The third-order valence-electron chi connectivity index (χ3n) is 1.21. The van der Waals surface area contributed by atoms with Crippen molar-refractivity contribution in [2.75, 3.05) is 0 Å². The van der Waals surface area contributed by atoms with Gasteiger partial charge in [0.15, 0.2) is 0 Å². The van der Waals surface area contributed by atoms with Crippen LogP contribution in [0.3, 0.4) is 0 Å². The van der Waals surface area contributed by atoms with E-state index in [-0.39, 0.29) is 41.1 Å². The molecule has 1 N–H and O–H groups in total. The summed E-state index contributed by atoms with van der Waals surface area (Å²) in [5, 5.41) is 8.90. The van der Waals surface area contributed by atoms with Gasteiger partial charge in [0, 0.05) is 5.76 Å². The van der Waals surface area contributed by atoms with Gasteiger partial charge in [0.25, 0.3) is 0 Å². The smallest absolute Gasteiger partial charge is 0.525 e. The largest absolute Gasteiger partial charge is 1.00 e. The molecule has 0 radical (unpaired) electrons. The van der Waals surface area contributed by atoms with E-state index < -0.39 is 0 Å². The molecule has 0 aliphatic heterocycles. The van der Waals surface area contributed by atoms with Crippen LogP contribution in [0.5, 0.6) is 0 Å². The third kappa shape index (κ3) is 2.66. The Bertz CT molecular complexity index is 245. The number of hydrogen-bond acceptors (Lipinski definition) is 2. The molecule has 0 saturated heterocycles. The van der Waals surface area contributed by atoms with Crippen molar-refractivity contribution in [3.8, 4) is 0 Å². The van der Waals surface area contributed by atoms with Gasteiger partial charge in [-0.15, -0.1) is 6.08 Å². The molecule has 1 aliphatic carbocycles. The van der Waals surface area contributed by atoms with Crippen LogP contribution in [0.1, 0.15) is 6.92 Å². The summed E-state index contributed by atoms with van der Waals surface area (Å²) in [7, 11) is 0. The predicted octanol–water partition coefficient (Wildman–Crippen LogP) is -1.68. The van der Waals surface area contributed by atoms with Crippen LogP contribution in [0.4, 0.5) is 0 Å². The Morgan fingerprint density at radius 2 is 2.27 bits per heavy atom. The minimum Gasteiger partial charge on any atom is -0.525 e. The van der Waals surface area contributed by atoms with E-state index in [1.807, 2.05) is 0 Å². The zero-order chi connectivity index (χ0) is 7.56. The SMILES string of the molecule is CC(O)=C1C=CC=[C-]C1=O.[Na+]. The molecule has 11 heavy (non-hydrogen) atoms. The van der Waals surface area contributed by atoms with Gasteiger partial charge in [-0.1, -0.05) is 5.57 Å². The van der Waals surface area contributed by atoms with Crippen molar-refractivity contribution in [2.45, 2.75) is 6.92 Å². The van der Waals surface area contributed by atoms with Gasteiger partial charge in [0.2, 0.25) is 0 Å². The maximum atomic E-state index is 10.8. The average molecular weight is 158 g/mol. The molecule has 0 aromatic heterocycles. The quantitative estimate of drug-likeness (QED) is 0.198. The molecule has 0 aromatic rings. The molecule has 0 spiro atoms. The molecule has 0 heterocycles. The summed E-state index contributed by atoms with van der Waals surface area (Å²) >= 11 is 0. The number of rotatable bonds is 0. The number of hydrogen-bond donors (Lipinski definition) is 1. The fourth-order valence-electron chi connectivity index (χ4n) is 0.706. The molecule has 1 aliphatic rings. The van der Waals surface area contributed by atoms with Crippen molar-refractivity contribution < 1.29 is 39.5 Å². The van der Waals surface area contributed by atoms with E-state index >= 15 is 0 Å². The summed E-state index contributed by atoms with van der Waals surface area (Å²) in [6.45, 7) is 1.48. The van der Waals surface area contributed by atoms with Crippen LogP contribution in [0.25, 0.3) is 0 Å². The predicted molar refractivity (Wildman–Crippen MR) is 37.3 cm³/mol. The van der Waals surface area contributed by atoms with Crippen LogP contribution >= 0.6 is 0 Å². The van der Waals surface area contributed by atoms with Crippen LogP contribution in [0.2, 0.25) is 0 Å². The van der Waals surface area contributed by atoms with E-state index in [0.717, 1.165) is 0 Å². The molecule has 52 valence electrons. The van der Waals surface area contributed by atoms with Crippen molar-refractivity contribution in [3.05, 3.63) is 35.6 Å². The normalized spacial score (nSPS) is 19.5. The molecule has 1 rings (SSSR count). The van der Waals surface area contributed by atoms with Crippen molar-refractivity contribution in [2.24, 2.45) is 0 Å². The molecule has 2 nitrogen and oxygen atoms in total. The van der Waals surface area contributed by atoms with Gasteiger partial charge in [0.05, 0.1) is 5.78 Å². The second-order valence-corrected chi connectivity index (χ2v) is 2.00. The van der Waals surface area contributed by atoms with Crippen molar-refractivity contribution >= 4 is 5.78 Å². The number of aliphatic hydroxyl groups excluding tert-OH is 1. The first-order chi connectivity index (χ1) is 4.72. The van der Waals surface area contributed by atoms with E-state index in [1.165, 1.54) is 13.0 Å². The Morgan fingerprint density at radius 1 is 1.64 bits per heavy atom. The fraction of sp³-hybridized carbons (Fsp3) is 0.125. The minimum atomic E-state index is -0.262. The molecular weight excluding hydrogens is 151 g/mol. The van der Waals surface area contributed by atoms with Gasteiger partial charge in [-0.2, -0.15) is 18.2 Å². The van der Waals surface area contributed by atoms with Crippen molar-refractivity contribution in [1.82, 2.24) is 0 Å². The molecule has 0 amide bonds. The molecular formula is C8H7NaO2. The van der Waals surface area contributed by atoms with Crippen molar-refractivity contribution in [1.29, 1.82) is 0 Å².